The standard InChI is InChI=1S/C14H23N3O2/c1-3-19-9-5-8-17(2)11-12-6-4-7-13(10-12)14(15)16-18/h4,6-7,10,18H,3,5,8-9,11H2,1-2H3,(H2,15,16). The number of hydrogen-bond donors (Lipinski definition) is 2. The van der Waals surface area contributed by atoms with Crippen LogP contribution in [-0.2, 0) is 11.3 Å². The van der Waals surface area contributed by atoms with E-state index in [0.717, 1.165) is 43.9 Å². The van der Waals surface area contributed by atoms with Crippen LogP contribution in [0.15, 0.2) is 29.4 Å². The molecule has 0 amide bonds. The number of rotatable bonds is 8. The van der Waals surface area contributed by atoms with Gasteiger partial charge in [-0.3, -0.25) is 0 Å². The highest BCUT2D eigenvalue weighted by Gasteiger charge is 2.03. The van der Waals surface area contributed by atoms with Crippen LogP contribution in [0.2, 0.25) is 0 Å². The molecular formula is C14H23N3O2. The van der Waals surface area contributed by atoms with Crippen molar-refractivity contribution < 1.29 is 9.94 Å². The van der Waals surface area contributed by atoms with Gasteiger partial charge in [-0.2, -0.15) is 0 Å². The molecule has 1 rings (SSSR count). The normalized spacial score (nSPS) is 12.1. The summed E-state index contributed by atoms with van der Waals surface area (Å²) in [6.07, 6.45) is 1.02. The SMILES string of the molecule is CCOCCCN(C)Cc1cccc(C(N)=NO)c1. The van der Waals surface area contributed by atoms with E-state index in [1.807, 2.05) is 31.2 Å². The highest BCUT2D eigenvalue weighted by molar-refractivity contribution is 5.97. The zero-order valence-corrected chi connectivity index (χ0v) is 11.7. The number of hydrogen-bond acceptors (Lipinski definition) is 4. The van der Waals surface area contributed by atoms with E-state index in [4.69, 9.17) is 15.7 Å². The number of amidine groups is 1. The summed E-state index contributed by atoms with van der Waals surface area (Å²) in [5.41, 5.74) is 7.46. The predicted octanol–water partition coefficient (Wildman–Crippen LogP) is 1.64. The van der Waals surface area contributed by atoms with Crippen LogP contribution in [0.1, 0.15) is 24.5 Å². The highest BCUT2D eigenvalue weighted by Crippen LogP contribution is 2.08. The predicted molar refractivity (Wildman–Crippen MR) is 76.4 cm³/mol. The first kappa shape index (κ1) is 15.5. The van der Waals surface area contributed by atoms with Crippen molar-refractivity contribution >= 4 is 5.84 Å². The molecule has 0 aliphatic carbocycles. The molecule has 0 aromatic heterocycles. The maximum absolute atomic E-state index is 8.67. The Labute approximate surface area is 114 Å². The number of benzene rings is 1. The molecular weight excluding hydrogens is 242 g/mol. The minimum atomic E-state index is 0.140. The Hall–Kier alpha value is -1.59. The second kappa shape index (κ2) is 8.50. The third-order valence-electron chi connectivity index (χ3n) is 2.82. The van der Waals surface area contributed by atoms with E-state index in [1.54, 1.807) is 0 Å². The Morgan fingerprint density at radius 2 is 2.26 bits per heavy atom. The van der Waals surface area contributed by atoms with Crippen molar-refractivity contribution in [3.8, 4) is 0 Å². The largest absolute Gasteiger partial charge is 0.409 e. The summed E-state index contributed by atoms with van der Waals surface area (Å²) in [7, 11) is 2.07. The van der Waals surface area contributed by atoms with Gasteiger partial charge in [0.25, 0.3) is 0 Å². The lowest BCUT2D eigenvalue weighted by Gasteiger charge is -2.17. The van der Waals surface area contributed by atoms with E-state index in [2.05, 4.69) is 17.1 Å². The van der Waals surface area contributed by atoms with E-state index < -0.39 is 0 Å². The Bertz CT molecular complexity index is 407. The molecule has 0 atom stereocenters. The van der Waals surface area contributed by atoms with Crippen molar-refractivity contribution in [2.24, 2.45) is 10.9 Å². The minimum Gasteiger partial charge on any atom is -0.409 e. The lowest BCUT2D eigenvalue weighted by Crippen LogP contribution is -2.21. The van der Waals surface area contributed by atoms with Crippen LogP contribution in [-0.4, -0.2) is 42.7 Å². The molecule has 0 saturated carbocycles. The van der Waals surface area contributed by atoms with Crippen LogP contribution in [0.3, 0.4) is 0 Å². The molecule has 0 heterocycles. The van der Waals surface area contributed by atoms with Gasteiger partial charge in [-0.15, -0.1) is 0 Å². The average Bonchev–Trinajstić information content (AvgIpc) is 2.43. The Morgan fingerprint density at radius 3 is 2.95 bits per heavy atom. The van der Waals surface area contributed by atoms with Gasteiger partial charge >= 0.3 is 0 Å². The smallest absolute Gasteiger partial charge is 0.170 e. The zero-order chi connectivity index (χ0) is 14.1. The maximum atomic E-state index is 8.67. The van der Waals surface area contributed by atoms with Crippen molar-refractivity contribution in [1.29, 1.82) is 0 Å². The zero-order valence-electron chi connectivity index (χ0n) is 11.7. The molecule has 0 aliphatic heterocycles. The molecule has 0 bridgehead atoms. The number of ether oxygens (including phenoxy) is 1. The third-order valence-corrected chi connectivity index (χ3v) is 2.82. The Balaban J connectivity index is 2.48. The van der Waals surface area contributed by atoms with Crippen molar-refractivity contribution in [2.45, 2.75) is 19.9 Å². The van der Waals surface area contributed by atoms with Crippen molar-refractivity contribution in [3.63, 3.8) is 0 Å². The molecule has 1 aromatic rings. The van der Waals surface area contributed by atoms with Gasteiger partial charge in [-0.05, 0) is 32.0 Å². The summed E-state index contributed by atoms with van der Waals surface area (Å²) in [5.74, 6) is 0.140. The molecule has 0 unspecified atom stereocenters. The maximum Gasteiger partial charge on any atom is 0.170 e. The number of oxime groups is 1. The van der Waals surface area contributed by atoms with Gasteiger partial charge in [0.15, 0.2) is 5.84 Å². The van der Waals surface area contributed by atoms with Gasteiger partial charge in [0.05, 0.1) is 0 Å². The molecule has 0 aliphatic rings. The van der Waals surface area contributed by atoms with E-state index in [0.29, 0.717) is 0 Å². The highest BCUT2D eigenvalue weighted by atomic mass is 16.5. The summed E-state index contributed by atoms with van der Waals surface area (Å²) >= 11 is 0. The van der Waals surface area contributed by atoms with Crippen molar-refractivity contribution in [2.75, 3.05) is 26.8 Å². The average molecular weight is 265 g/mol. The second-order valence-electron chi connectivity index (χ2n) is 4.47. The van der Waals surface area contributed by atoms with Crippen LogP contribution in [0.5, 0.6) is 0 Å². The topological polar surface area (TPSA) is 71.1 Å². The molecule has 0 spiro atoms. The first-order valence-corrected chi connectivity index (χ1v) is 6.50. The van der Waals surface area contributed by atoms with Gasteiger partial charge < -0.3 is 20.6 Å². The second-order valence-corrected chi connectivity index (χ2v) is 4.47. The van der Waals surface area contributed by atoms with Crippen LogP contribution >= 0.6 is 0 Å². The van der Waals surface area contributed by atoms with Crippen LogP contribution < -0.4 is 5.73 Å². The van der Waals surface area contributed by atoms with Crippen molar-refractivity contribution in [1.82, 2.24) is 4.90 Å². The molecule has 3 N–H and O–H groups in total. The minimum absolute atomic E-state index is 0.140. The lowest BCUT2D eigenvalue weighted by atomic mass is 10.1. The molecule has 5 heteroatoms. The number of nitrogens with two attached hydrogens (primary N) is 1. The molecule has 1 aromatic carbocycles. The molecule has 106 valence electrons. The lowest BCUT2D eigenvalue weighted by molar-refractivity contribution is 0.135. The Morgan fingerprint density at radius 1 is 1.47 bits per heavy atom. The number of nitrogens with zero attached hydrogens (tertiary/aromatic N) is 2. The van der Waals surface area contributed by atoms with Gasteiger partial charge in [-0.1, -0.05) is 23.4 Å². The molecule has 0 saturated heterocycles. The molecule has 0 fully saturated rings. The van der Waals surface area contributed by atoms with Crippen LogP contribution in [0, 0.1) is 0 Å². The van der Waals surface area contributed by atoms with Gasteiger partial charge in [-0.25, -0.2) is 0 Å². The molecule has 19 heavy (non-hydrogen) atoms. The summed E-state index contributed by atoms with van der Waals surface area (Å²) in [6, 6.07) is 7.71. The van der Waals surface area contributed by atoms with Crippen LogP contribution in [0.4, 0.5) is 0 Å². The van der Waals surface area contributed by atoms with Gasteiger partial charge in [0.1, 0.15) is 0 Å². The van der Waals surface area contributed by atoms with Gasteiger partial charge in [0, 0.05) is 31.9 Å². The monoisotopic (exact) mass is 265 g/mol. The fourth-order valence-electron chi connectivity index (χ4n) is 1.86. The quantitative estimate of drug-likeness (QED) is 0.246. The van der Waals surface area contributed by atoms with Crippen LogP contribution in [0.25, 0.3) is 0 Å². The van der Waals surface area contributed by atoms with E-state index in [9.17, 15) is 0 Å². The molecule has 5 nitrogen and oxygen atoms in total. The van der Waals surface area contributed by atoms with E-state index in [1.165, 1.54) is 0 Å². The first-order chi connectivity index (χ1) is 9.17. The summed E-state index contributed by atoms with van der Waals surface area (Å²) in [4.78, 5) is 2.23. The Kier molecular flexibility index (Phi) is 6.92. The van der Waals surface area contributed by atoms with Crippen molar-refractivity contribution in [3.05, 3.63) is 35.4 Å². The van der Waals surface area contributed by atoms with E-state index in [-0.39, 0.29) is 5.84 Å². The third kappa shape index (κ3) is 5.72. The van der Waals surface area contributed by atoms with E-state index >= 15 is 0 Å². The van der Waals surface area contributed by atoms with Gasteiger partial charge in [0.2, 0.25) is 0 Å². The fourth-order valence-corrected chi connectivity index (χ4v) is 1.86. The first-order valence-electron chi connectivity index (χ1n) is 6.50. The summed E-state index contributed by atoms with van der Waals surface area (Å²) < 4.78 is 5.31. The molecule has 0 radical (unpaired) electrons. The summed E-state index contributed by atoms with van der Waals surface area (Å²) in [6.45, 7) is 5.38. The fraction of sp³-hybridized carbons (Fsp3) is 0.500. The summed E-state index contributed by atoms with van der Waals surface area (Å²) in [5, 5.41) is 11.7.